The lowest BCUT2D eigenvalue weighted by Crippen LogP contribution is -2.33. The van der Waals surface area contributed by atoms with Gasteiger partial charge in [-0.3, -0.25) is 14.4 Å². The molecule has 6 nitrogen and oxygen atoms in total. The Morgan fingerprint density at radius 3 is 2.55 bits per heavy atom. The molecule has 2 amide bonds. The molecule has 4 aromatic rings. The number of anilines is 1. The molecular formula is C24H19N3O3S. The van der Waals surface area contributed by atoms with E-state index in [9.17, 15) is 14.4 Å². The molecule has 2 N–H and O–H groups in total. The molecule has 0 spiro atoms. The van der Waals surface area contributed by atoms with E-state index in [0.29, 0.717) is 22.5 Å². The lowest BCUT2D eigenvalue weighted by Gasteiger charge is -2.06. The van der Waals surface area contributed by atoms with Crippen molar-refractivity contribution < 1.29 is 14.4 Å². The summed E-state index contributed by atoms with van der Waals surface area (Å²) < 4.78 is 1.01. The Kier molecular flexibility index (Phi) is 6.14. The van der Waals surface area contributed by atoms with Gasteiger partial charge in [0.2, 0.25) is 11.8 Å². The monoisotopic (exact) mass is 429 g/mol. The number of aldehydes is 1. The van der Waals surface area contributed by atoms with Gasteiger partial charge in [0.05, 0.1) is 23.2 Å². The van der Waals surface area contributed by atoms with Crippen LogP contribution < -0.4 is 10.6 Å². The normalized spacial score (nSPS) is 10.6. The lowest BCUT2D eigenvalue weighted by atomic mass is 10.1. The third kappa shape index (κ3) is 5.21. The van der Waals surface area contributed by atoms with Crippen LogP contribution in [0.2, 0.25) is 0 Å². The van der Waals surface area contributed by atoms with Gasteiger partial charge in [-0.15, -0.1) is 11.3 Å². The zero-order valence-corrected chi connectivity index (χ0v) is 17.3. The van der Waals surface area contributed by atoms with Crippen molar-refractivity contribution in [2.45, 2.75) is 6.42 Å². The number of thiazole rings is 1. The van der Waals surface area contributed by atoms with Crippen LogP contribution in [0.4, 0.5) is 5.69 Å². The van der Waals surface area contributed by atoms with E-state index in [2.05, 4.69) is 33.8 Å². The number of nitrogens with zero attached hydrogens (tertiary/aromatic N) is 1. The Morgan fingerprint density at radius 1 is 0.903 bits per heavy atom. The summed E-state index contributed by atoms with van der Waals surface area (Å²) in [4.78, 5) is 39.7. The fraction of sp³-hybridized carbons (Fsp3) is 0.0833. The van der Waals surface area contributed by atoms with E-state index in [0.717, 1.165) is 21.3 Å². The highest BCUT2D eigenvalue weighted by Crippen LogP contribution is 2.28. The van der Waals surface area contributed by atoms with Gasteiger partial charge in [-0.2, -0.15) is 0 Å². The standard InChI is InChI=1S/C24H19N3O3S/c28-15-16-5-4-8-19(11-16)26-23(30)14-25-22(29)13-24-27-20-10-9-18(12-21(20)31-24)17-6-2-1-3-7-17/h1-12,15H,13-14H2,(H,25,29)(H,26,30). The molecule has 0 aliphatic carbocycles. The third-order valence-corrected chi connectivity index (χ3v) is 5.62. The van der Waals surface area contributed by atoms with Crippen molar-refractivity contribution in [3.63, 3.8) is 0 Å². The van der Waals surface area contributed by atoms with E-state index >= 15 is 0 Å². The van der Waals surface area contributed by atoms with Gasteiger partial charge < -0.3 is 10.6 Å². The summed E-state index contributed by atoms with van der Waals surface area (Å²) >= 11 is 1.47. The van der Waals surface area contributed by atoms with E-state index in [1.807, 2.05) is 30.3 Å². The number of rotatable bonds is 7. The maximum absolute atomic E-state index is 12.3. The van der Waals surface area contributed by atoms with Gasteiger partial charge in [-0.1, -0.05) is 48.5 Å². The zero-order valence-electron chi connectivity index (χ0n) is 16.5. The summed E-state index contributed by atoms with van der Waals surface area (Å²) in [5, 5.41) is 5.95. The Morgan fingerprint density at radius 2 is 1.74 bits per heavy atom. The molecule has 0 fully saturated rings. The largest absolute Gasteiger partial charge is 0.347 e. The quantitative estimate of drug-likeness (QED) is 0.434. The molecule has 1 heterocycles. The minimum atomic E-state index is -0.367. The zero-order chi connectivity index (χ0) is 21.6. The van der Waals surface area contributed by atoms with Crippen LogP contribution in [0.15, 0.2) is 72.8 Å². The van der Waals surface area contributed by atoms with E-state index in [1.54, 1.807) is 24.3 Å². The molecule has 0 aliphatic rings. The summed E-state index contributed by atoms with van der Waals surface area (Å²) in [6, 6.07) is 22.7. The Balaban J connectivity index is 1.34. The molecule has 154 valence electrons. The topological polar surface area (TPSA) is 88.2 Å². The number of carbonyl (C=O) groups excluding carboxylic acids is 3. The van der Waals surface area contributed by atoms with Crippen molar-refractivity contribution in [1.29, 1.82) is 0 Å². The number of fused-ring (bicyclic) bond motifs is 1. The van der Waals surface area contributed by atoms with Gasteiger partial charge in [0.1, 0.15) is 11.3 Å². The molecule has 1 aromatic heterocycles. The van der Waals surface area contributed by atoms with Crippen molar-refractivity contribution in [3.8, 4) is 11.1 Å². The maximum atomic E-state index is 12.3. The Bertz CT molecular complexity index is 1250. The number of benzene rings is 3. The fourth-order valence-corrected chi connectivity index (χ4v) is 4.14. The average molecular weight is 430 g/mol. The van der Waals surface area contributed by atoms with Crippen LogP contribution in [0.1, 0.15) is 15.4 Å². The van der Waals surface area contributed by atoms with E-state index in [4.69, 9.17) is 0 Å². The number of hydrogen-bond acceptors (Lipinski definition) is 5. The van der Waals surface area contributed by atoms with Crippen LogP contribution >= 0.6 is 11.3 Å². The van der Waals surface area contributed by atoms with Gasteiger partial charge in [0.15, 0.2) is 0 Å². The SMILES string of the molecule is O=Cc1cccc(NC(=O)CNC(=O)Cc2nc3ccc(-c4ccccc4)cc3s2)c1. The summed E-state index contributed by atoms with van der Waals surface area (Å²) in [5.41, 5.74) is 4.04. The molecule has 0 saturated heterocycles. The van der Waals surface area contributed by atoms with Crippen LogP contribution in [-0.4, -0.2) is 29.6 Å². The van der Waals surface area contributed by atoms with Crippen LogP contribution in [0, 0.1) is 0 Å². The molecule has 0 unspecified atom stereocenters. The van der Waals surface area contributed by atoms with Gasteiger partial charge in [0.25, 0.3) is 0 Å². The first-order chi connectivity index (χ1) is 15.1. The van der Waals surface area contributed by atoms with Crippen LogP contribution in [-0.2, 0) is 16.0 Å². The smallest absolute Gasteiger partial charge is 0.243 e. The van der Waals surface area contributed by atoms with Gasteiger partial charge in [-0.05, 0) is 35.4 Å². The maximum Gasteiger partial charge on any atom is 0.243 e. The second kappa shape index (κ2) is 9.32. The van der Waals surface area contributed by atoms with E-state index in [1.165, 1.54) is 11.3 Å². The minimum Gasteiger partial charge on any atom is -0.347 e. The van der Waals surface area contributed by atoms with E-state index in [-0.39, 0.29) is 24.8 Å². The predicted molar refractivity (Wildman–Crippen MR) is 122 cm³/mol. The van der Waals surface area contributed by atoms with Crippen LogP contribution in [0.25, 0.3) is 21.3 Å². The van der Waals surface area contributed by atoms with Gasteiger partial charge >= 0.3 is 0 Å². The second-order valence-electron chi connectivity index (χ2n) is 6.90. The Hall–Kier alpha value is -3.84. The molecule has 7 heteroatoms. The fourth-order valence-electron chi connectivity index (χ4n) is 3.13. The summed E-state index contributed by atoms with van der Waals surface area (Å²) in [6.07, 6.45) is 0.812. The highest BCUT2D eigenvalue weighted by Gasteiger charge is 2.11. The molecule has 0 aliphatic heterocycles. The minimum absolute atomic E-state index is 0.105. The number of hydrogen-bond donors (Lipinski definition) is 2. The van der Waals surface area contributed by atoms with Crippen molar-refractivity contribution in [1.82, 2.24) is 10.3 Å². The molecule has 0 bridgehead atoms. The molecule has 4 rings (SSSR count). The number of nitrogens with one attached hydrogen (secondary N) is 2. The molecular weight excluding hydrogens is 410 g/mol. The van der Waals surface area contributed by atoms with Crippen molar-refractivity contribution in [3.05, 3.63) is 83.4 Å². The van der Waals surface area contributed by atoms with Gasteiger partial charge in [-0.25, -0.2) is 4.98 Å². The molecule has 0 atom stereocenters. The van der Waals surface area contributed by atoms with Gasteiger partial charge in [0, 0.05) is 11.3 Å². The predicted octanol–water partition coefficient (Wildman–Crippen LogP) is 4.07. The highest BCUT2D eigenvalue weighted by molar-refractivity contribution is 7.18. The average Bonchev–Trinajstić information content (AvgIpc) is 3.19. The van der Waals surface area contributed by atoms with Crippen LogP contribution in [0.3, 0.4) is 0 Å². The molecule has 31 heavy (non-hydrogen) atoms. The number of carbonyl (C=O) groups is 3. The van der Waals surface area contributed by atoms with Crippen molar-refractivity contribution >= 4 is 45.3 Å². The number of aromatic nitrogens is 1. The van der Waals surface area contributed by atoms with E-state index < -0.39 is 0 Å². The molecule has 0 saturated carbocycles. The molecule has 0 radical (unpaired) electrons. The first kappa shape index (κ1) is 20.4. The first-order valence-electron chi connectivity index (χ1n) is 9.67. The van der Waals surface area contributed by atoms with Crippen molar-refractivity contribution in [2.24, 2.45) is 0 Å². The number of amides is 2. The molecule has 3 aromatic carbocycles. The summed E-state index contributed by atoms with van der Waals surface area (Å²) in [7, 11) is 0. The lowest BCUT2D eigenvalue weighted by molar-refractivity contribution is -0.123. The summed E-state index contributed by atoms with van der Waals surface area (Å²) in [6.45, 7) is -0.160. The third-order valence-electron chi connectivity index (χ3n) is 4.60. The second-order valence-corrected chi connectivity index (χ2v) is 8.02. The highest BCUT2D eigenvalue weighted by atomic mass is 32.1. The van der Waals surface area contributed by atoms with Crippen molar-refractivity contribution in [2.75, 3.05) is 11.9 Å². The van der Waals surface area contributed by atoms with Crippen LogP contribution in [0.5, 0.6) is 0 Å². The summed E-state index contributed by atoms with van der Waals surface area (Å²) in [5.74, 6) is -0.646. The Labute approximate surface area is 182 Å². The first-order valence-corrected chi connectivity index (χ1v) is 10.5.